The Morgan fingerprint density at radius 2 is 1.85 bits per heavy atom. The Bertz CT molecular complexity index is 895. The number of aryl methyl sites for hydroxylation is 1. The molecule has 6 nitrogen and oxygen atoms in total. The van der Waals surface area contributed by atoms with Crippen LogP contribution in [0.4, 0.5) is 10.5 Å². The molecule has 1 aliphatic rings. The quantitative estimate of drug-likeness (QED) is 0.473. The number of piperazine rings is 1. The average Bonchev–Trinajstić information content (AvgIpc) is 2.85. The van der Waals surface area contributed by atoms with Gasteiger partial charge in [-0.05, 0) is 49.1 Å². The average molecular weight is 464 g/mol. The van der Waals surface area contributed by atoms with Crippen LogP contribution in [-0.2, 0) is 6.42 Å². The summed E-state index contributed by atoms with van der Waals surface area (Å²) in [6.07, 6.45) is 0.826. The van der Waals surface area contributed by atoms with Crippen LogP contribution in [0, 0.1) is 6.92 Å². The van der Waals surface area contributed by atoms with E-state index in [9.17, 15) is 4.79 Å². The third-order valence-electron chi connectivity index (χ3n) is 6.28. The zero-order valence-electron chi connectivity index (χ0n) is 20.9. The molecule has 0 saturated carbocycles. The van der Waals surface area contributed by atoms with Crippen molar-refractivity contribution in [2.45, 2.75) is 20.3 Å². The van der Waals surface area contributed by atoms with Crippen LogP contribution in [0.5, 0.6) is 0 Å². The fourth-order valence-corrected chi connectivity index (χ4v) is 4.36. The maximum atomic E-state index is 13.2. The number of amides is 2. The van der Waals surface area contributed by atoms with Crippen molar-refractivity contribution >= 4 is 11.7 Å². The van der Waals surface area contributed by atoms with E-state index in [1.807, 2.05) is 23.1 Å². The summed E-state index contributed by atoms with van der Waals surface area (Å²) in [6.45, 7) is 17.0. The molecule has 0 bridgehead atoms. The normalized spacial score (nSPS) is 13.9. The third kappa shape index (κ3) is 8.50. The zero-order valence-corrected chi connectivity index (χ0v) is 20.9. The molecule has 2 aromatic rings. The lowest BCUT2D eigenvalue weighted by Gasteiger charge is -2.32. The molecular weight excluding hydrogens is 422 g/mol. The number of nitrogens with zero attached hydrogens (tertiary/aromatic N) is 3. The number of carbonyl (C=O) groups excluding carboxylic acids is 1. The molecule has 2 amide bonds. The van der Waals surface area contributed by atoms with Gasteiger partial charge in [0.15, 0.2) is 0 Å². The second kappa shape index (κ2) is 13.8. The second-order valence-electron chi connectivity index (χ2n) is 9.08. The summed E-state index contributed by atoms with van der Waals surface area (Å²) < 4.78 is 0. The summed E-state index contributed by atoms with van der Waals surface area (Å²) in [4.78, 5) is 19.9. The van der Waals surface area contributed by atoms with Gasteiger partial charge in [0.2, 0.25) is 0 Å². The summed E-state index contributed by atoms with van der Waals surface area (Å²) in [5.74, 6) is 0. The number of rotatable bonds is 12. The van der Waals surface area contributed by atoms with Gasteiger partial charge in [0, 0.05) is 71.1 Å². The van der Waals surface area contributed by atoms with Crippen molar-refractivity contribution in [3.8, 4) is 0 Å². The monoisotopic (exact) mass is 463 g/mol. The molecule has 0 aromatic heterocycles. The van der Waals surface area contributed by atoms with E-state index in [2.05, 4.69) is 77.3 Å². The van der Waals surface area contributed by atoms with E-state index >= 15 is 0 Å². The van der Waals surface area contributed by atoms with Crippen LogP contribution >= 0.6 is 0 Å². The number of nitrogens with one attached hydrogen (secondary N) is 2. The predicted molar refractivity (Wildman–Crippen MR) is 143 cm³/mol. The van der Waals surface area contributed by atoms with Gasteiger partial charge >= 0.3 is 6.03 Å². The van der Waals surface area contributed by atoms with Crippen LogP contribution in [0.15, 0.2) is 66.7 Å². The molecule has 1 aliphatic heterocycles. The third-order valence-corrected chi connectivity index (χ3v) is 6.28. The van der Waals surface area contributed by atoms with E-state index in [4.69, 9.17) is 0 Å². The molecule has 2 N–H and O–H groups in total. The van der Waals surface area contributed by atoms with E-state index < -0.39 is 0 Å². The van der Waals surface area contributed by atoms with Gasteiger partial charge in [-0.1, -0.05) is 49.0 Å². The van der Waals surface area contributed by atoms with Gasteiger partial charge in [-0.25, -0.2) is 4.79 Å². The molecule has 0 atom stereocenters. The molecule has 0 spiro atoms. The first kappa shape index (κ1) is 25.8. The molecule has 0 radical (unpaired) electrons. The van der Waals surface area contributed by atoms with E-state index in [0.717, 1.165) is 57.8 Å². The molecule has 1 saturated heterocycles. The number of benzene rings is 2. The maximum absolute atomic E-state index is 13.2. The Hall–Kier alpha value is -2.83. The Balaban J connectivity index is 1.59. The van der Waals surface area contributed by atoms with Crippen molar-refractivity contribution < 1.29 is 4.79 Å². The lowest BCUT2D eigenvalue weighted by Crippen LogP contribution is -2.47. The van der Waals surface area contributed by atoms with E-state index in [1.165, 1.54) is 16.8 Å². The minimum atomic E-state index is -0.0160. The lowest BCUT2D eigenvalue weighted by molar-refractivity contribution is 0.200. The number of hydrogen-bond acceptors (Lipinski definition) is 4. The molecule has 0 unspecified atom stereocenters. The largest absolute Gasteiger partial charge is 0.370 e. The summed E-state index contributed by atoms with van der Waals surface area (Å²) >= 11 is 0. The van der Waals surface area contributed by atoms with E-state index in [0.29, 0.717) is 19.6 Å². The lowest BCUT2D eigenvalue weighted by atomic mass is 10.1. The number of hydrogen-bond donors (Lipinski definition) is 2. The smallest absolute Gasteiger partial charge is 0.317 e. The Morgan fingerprint density at radius 3 is 2.56 bits per heavy atom. The highest BCUT2D eigenvalue weighted by atomic mass is 16.2. The first-order valence-electron chi connectivity index (χ1n) is 12.5. The summed E-state index contributed by atoms with van der Waals surface area (Å²) in [7, 11) is 0. The summed E-state index contributed by atoms with van der Waals surface area (Å²) in [5, 5.41) is 6.53. The standard InChI is InChI=1S/C28H41N5O/c1-4-32(27-12-8-9-24(2)21-27)19-20-33(23-25(3)22-31-17-15-29-16-18-31)28(34)30-14-13-26-10-6-5-7-11-26/h5-12,21,29H,3-4,13-20,22-23H2,1-2H3,(H,30,34). The van der Waals surface area contributed by atoms with Crippen LogP contribution in [0.25, 0.3) is 0 Å². The molecule has 0 aliphatic carbocycles. The fraction of sp³-hybridized carbons (Fsp3) is 0.464. The highest BCUT2D eigenvalue weighted by Gasteiger charge is 2.18. The van der Waals surface area contributed by atoms with Crippen molar-refractivity contribution in [3.63, 3.8) is 0 Å². The van der Waals surface area contributed by atoms with E-state index in [1.54, 1.807) is 0 Å². The van der Waals surface area contributed by atoms with Gasteiger partial charge in [0.1, 0.15) is 0 Å². The van der Waals surface area contributed by atoms with Crippen LogP contribution in [-0.4, -0.2) is 81.3 Å². The summed E-state index contributed by atoms with van der Waals surface area (Å²) in [6, 6.07) is 18.8. The minimum absolute atomic E-state index is 0.0160. The van der Waals surface area contributed by atoms with E-state index in [-0.39, 0.29) is 6.03 Å². The maximum Gasteiger partial charge on any atom is 0.317 e. The minimum Gasteiger partial charge on any atom is -0.370 e. The van der Waals surface area contributed by atoms with Crippen LogP contribution in [0.3, 0.4) is 0 Å². The molecule has 2 aromatic carbocycles. The van der Waals surface area contributed by atoms with Crippen LogP contribution in [0.2, 0.25) is 0 Å². The van der Waals surface area contributed by atoms with Gasteiger partial charge < -0.3 is 20.4 Å². The highest BCUT2D eigenvalue weighted by molar-refractivity contribution is 5.74. The number of carbonyl (C=O) groups is 1. The van der Waals surface area contributed by atoms with Gasteiger partial charge in [0.25, 0.3) is 0 Å². The van der Waals surface area contributed by atoms with Crippen molar-refractivity contribution in [1.82, 2.24) is 20.4 Å². The molecule has 1 fully saturated rings. The summed E-state index contributed by atoms with van der Waals surface area (Å²) in [5.41, 5.74) is 4.76. The van der Waals surface area contributed by atoms with Crippen molar-refractivity contribution in [2.24, 2.45) is 0 Å². The molecular formula is C28H41N5O. The molecule has 1 heterocycles. The number of likely N-dealkylation sites (N-methyl/N-ethyl adjacent to an activating group) is 1. The van der Waals surface area contributed by atoms with Crippen molar-refractivity contribution in [1.29, 1.82) is 0 Å². The van der Waals surface area contributed by atoms with Crippen LogP contribution in [0.1, 0.15) is 18.1 Å². The predicted octanol–water partition coefficient (Wildman–Crippen LogP) is 3.54. The molecule has 6 heteroatoms. The second-order valence-corrected chi connectivity index (χ2v) is 9.08. The first-order valence-corrected chi connectivity index (χ1v) is 12.5. The Kier molecular flexibility index (Phi) is 10.4. The molecule has 184 valence electrons. The number of urea groups is 1. The Morgan fingerprint density at radius 1 is 1.09 bits per heavy atom. The fourth-order valence-electron chi connectivity index (χ4n) is 4.36. The SMILES string of the molecule is C=C(CN1CCNCC1)CN(CCN(CC)c1cccc(C)c1)C(=O)NCCc1ccccc1. The highest BCUT2D eigenvalue weighted by Crippen LogP contribution is 2.16. The van der Waals surface area contributed by atoms with Crippen molar-refractivity contribution in [3.05, 3.63) is 77.9 Å². The molecule has 34 heavy (non-hydrogen) atoms. The topological polar surface area (TPSA) is 50.9 Å². The van der Waals surface area contributed by atoms with Gasteiger partial charge in [-0.2, -0.15) is 0 Å². The first-order chi connectivity index (χ1) is 16.5. The van der Waals surface area contributed by atoms with Crippen LogP contribution < -0.4 is 15.5 Å². The van der Waals surface area contributed by atoms with Gasteiger partial charge in [0.05, 0.1) is 0 Å². The van der Waals surface area contributed by atoms with Gasteiger partial charge in [-0.15, -0.1) is 0 Å². The number of anilines is 1. The zero-order chi connectivity index (χ0) is 24.2. The van der Waals surface area contributed by atoms with Crippen molar-refractivity contribution in [2.75, 3.05) is 70.3 Å². The van der Waals surface area contributed by atoms with Gasteiger partial charge in [-0.3, -0.25) is 4.90 Å². The molecule has 3 rings (SSSR count). The Labute approximate surface area is 205 Å².